The van der Waals surface area contributed by atoms with Crippen molar-refractivity contribution in [2.75, 3.05) is 33.3 Å². The van der Waals surface area contributed by atoms with E-state index < -0.39 is 0 Å². The van der Waals surface area contributed by atoms with Crippen LogP contribution in [0.25, 0.3) is 0 Å². The molecule has 1 heterocycles. The third kappa shape index (κ3) is 6.88. The number of carbonyl (C=O) groups is 1. The van der Waals surface area contributed by atoms with E-state index in [2.05, 4.69) is 46.0 Å². The van der Waals surface area contributed by atoms with E-state index in [-0.39, 0.29) is 5.91 Å². The summed E-state index contributed by atoms with van der Waals surface area (Å²) in [4.78, 5) is 18.7. The molecule has 0 radical (unpaired) electrons. The number of nitrogens with one attached hydrogen (secondary N) is 2. The minimum absolute atomic E-state index is 0.226. The van der Waals surface area contributed by atoms with Gasteiger partial charge in [-0.25, -0.2) is 0 Å². The molecular formula is C24H32N4O2. The first-order valence-electron chi connectivity index (χ1n) is 10.7. The fourth-order valence-corrected chi connectivity index (χ4v) is 3.54. The predicted molar refractivity (Wildman–Crippen MR) is 120 cm³/mol. The Hall–Kier alpha value is -2.86. The van der Waals surface area contributed by atoms with E-state index in [4.69, 9.17) is 4.74 Å². The summed E-state index contributed by atoms with van der Waals surface area (Å²) in [5.41, 5.74) is 3.81. The zero-order valence-electron chi connectivity index (χ0n) is 17.8. The summed E-state index contributed by atoms with van der Waals surface area (Å²) in [7, 11) is 1.75. The van der Waals surface area contributed by atoms with Crippen molar-refractivity contribution in [3.63, 3.8) is 0 Å². The maximum Gasteiger partial charge on any atom is 0.222 e. The second-order valence-electron chi connectivity index (χ2n) is 7.40. The van der Waals surface area contributed by atoms with E-state index in [1.807, 2.05) is 29.2 Å². The van der Waals surface area contributed by atoms with Gasteiger partial charge in [0, 0.05) is 39.6 Å². The van der Waals surface area contributed by atoms with Crippen LogP contribution in [0, 0.1) is 0 Å². The van der Waals surface area contributed by atoms with Gasteiger partial charge < -0.3 is 20.3 Å². The van der Waals surface area contributed by atoms with Gasteiger partial charge in [-0.1, -0.05) is 54.6 Å². The largest absolute Gasteiger partial charge is 0.375 e. The molecule has 2 N–H and O–H groups in total. The van der Waals surface area contributed by atoms with Gasteiger partial charge in [-0.15, -0.1) is 0 Å². The molecule has 2 aromatic rings. The van der Waals surface area contributed by atoms with Gasteiger partial charge in [-0.3, -0.25) is 9.79 Å². The van der Waals surface area contributed by atoms with E-state index in [1.165, 1.54) is 16.7 Å². The molecule has 0 fully saturated rings. The van der Waals surface area contributed by atoms with E-state index in [0.717, 1.165) is 31.9 Å². The molecule has 1 aliphatic heterocycles. The summed E-state index contributed by atoms with van der Waals surface area (Å²) in [6.07, 6.45) is 2.28. The van der Waals surface area contributed by atoms with Crippen LogP contribution in [0.1, 0.15) is 29.5 Å². The molecule has 0 aromatic heterocycles. The Morgan fingerprint density at radius 2 is 1.77 bits per heavy atom. The third-order valence-electron chi connectivity index (χ3n) is 5.22. The van der Waals surface area contributed by atoms with Gasteiger partial charge in [0.25, 0.3) is 0 Å². The summed E-state index contributed by atoms with van der Waals surface area (Å²) < 4.78 is 5.67. The molecule has 0 saturated carbocycles. The molecule has 0 unspecified atom stereocenters. The molecule has 6 heteroatoms. The SMILES string of the molecule is CN=C(NCCCC(=O)N1CCc2ccccc2C1)NCCOCc1ccccc1. The normalized spacial score (nSPS) is 13.6. The van der Waals surface area contributed by atoms with Crippen LogP contribution in [-0.4, -0.2) is 50.1 Å². The van der Waals surface area contributed by atoms with E-state index >= 15 is 0 Å². The Morgan fingerprint density at radius 1 is 1.03 bits per heavy atom. The highest BCUT2D eigenvalue weighted by Gasteiger charge is 2.19. The van der Waals surface area contributed by atoms with Crippen LogP contribution in [0.2, 0.25) is 0 Å². The number of aliphatic imine (C=N–C) groups is 1. The van der Waals surface area contributed by atoms with Gasteiger partial charge >= 0.3 is 0 Å². The second-order valence-corrected chi connectivity index (χ2v) is 7.40. The van der Waals surface area contributed by atoms with Crippen molar-refractivity contribution in [2.24, 2.45) is 4.99 Å². The van der Waals surface area contributed by atoms with Crippen molar-refractivity contribution < 1.29 is 9.53 Å². The third-order valence-corrected chi connectivity index (χ3v) is 5.22. The number of fused-ring (bicyclic) bond motifs is 1. The van der Waals surface area contributed by atoms with Gasteiger partial charge in [0.1, 0.15) is 0 Å². The monoisotopic (exact) mass is 408 g/mol. The number of carbonyl (C=O) groups excluding carboxylic acids is 1. The lowest BCUT2D eigenvalue weighted by Gasteiger charge is -2.29. The smallest absolute Gasteiger partial charge is 0.222 e. The van der Waals surface area contributed by atoms with Crippen molar-refractivity contribution in [1.29, 1.82) is 0 Å². The molecule has 6 nitrogen and oxygen atoms in total. The molecule has 2 aromatic carbocycles. The molecule has 0 spiro atoms. The first-order chi connectivity index (χ1) is 14.8. The molecule has 3 rings (SSSR count). The Morgan fingerprint density at radius 3 is 2.57 bits per heavy atom. The van der Waals surface area contributed by atoms with Crippen LogP contribution in [-0.2, 0) is 29.1 Å². The molecular weight excluding hydrogens is 376 g/mol. The van der Waals surface area contributed by atoms with Crippen LogP contribution >= 0.6 is 0 Å². The van der Waals surface area contributed by atoms with E-state index in [1.54, 1.807) is 7.05 Å². The average molecular weight is 409 g/mol. The number of hydrogen-bond donors (Lipinski definition) is 2. The van der Waals surface area contributed by atoms with Crippen molar-refractivity contribution in [1.82, 2.24) is 15.5 Å². The lowest BCUT2D eigenvalue weighted by molar-refractivity contribution is -0.132. The van der Waals surface area contributed by atoms with Gasteiger partial charge in [-0.2, -0.15) is 0 Å². The topological polar surface area (TPSA) is 66.0 Å². The summed E-state index contributed by atoms with van der Waals surface area (Å²) >= 11 is 0. The van der Waals surface area contributed by atoms with Crippen LogP contribution in [0.3, 0.4) is 0 Å². The molecule has 0 aliphatic carbocycles. The molecule has 1 aliphatic rings. The lowest BCUT2D eigenvalue weighted by atomic mass is 9.99. The first-order valence-corrected chi connectivity index (χ1v) is 10.7. The second kappa shape index (κ2) is 12.0. The fourth-order valence-electron chi connectivity index (χ4n) is 3.54. The number of rotatable bonds is 9. The van der Waals surface area contributed by atoms with Gasteiger partial charge in [0.15, 0.2) is 5.96 Å². The maximum atomic E-state index is 12.5. The van der Waals surface area contributed by atoms with Crippen molar-refractivity contribution >= 4 is 11.9 Å². The van der Waals surface area contributed by atoms with Crippen LogP contribution < -0.4 is 10.6 Å². The molecule has 1 amide bonds. The number of ether oxygens (including phenoxy) is 1. The predicted octanol–water partition coefficient (Wildman–Crippen LogP) is 2.73. The van der Waals surface area contributed by atoms with Gasteiger partial charge in [0.2, 0.25) is 5.91 Å². The molecule has 160 valence electrons. The molecule has 0 saturated heterocycles. The fraction of sp³-hybridized carbons (Fsp3) is 0.417. The quantitative estimate of drug-likeness (QED) is 0.380. The number of nitrogens with zero attached hydrogens (tertiary/aromatic N) is 2. The zero-order chi connectivity index (χ0) is 21.0. The average Bonchev–Trinajstić information content (AvgIpc) is 2.80. The summed E-state index contributed by atoms with van der Waals surface area (Å²) in [6.45, 7) is 4.14. The van der Waals surface area contributed by atoms with Crippen molar-refractivity contribution in [2.45, 2.75) is 32.4 Å². The van der Waals surface area contributed by atoms with Crippen LogP contribution in [0.15, 0.2) is 59.6 Å². The first kappa shape index (κ1) is 21.8. The van der Waals surface area contributed by atoms with Gasteiger partial charge in [0.05, 0.1) is 13.2 Å². The van der Waals surface area contributed by atoms with Crippen molar-refractivity contribution in [3.8, 4) is 0 Å². The minimum atomic E-state index is 0.226. The highest BCUT2D eigenvalue weighted by Crippen LogP contribution is 2.19. The Bertz CT molecular complexity index is 823. The Labute approximate surface area is 179 Å². The number of guanidine groups is 1. The molecule has 0 atom stereocenters. The number of hydrogen-bond acceptors (Lipinski definition) is 3. The summed E-state index contributed by atoms with van der Waals surface area (Å²) in [5, 5.41) is 6.50. The lowest BCUT2D eigenvalue weighted by Crippen LogP contribution is -2.40. The van der Waals surface area contributed by atoms with Gasteiger partial charge in [-0.05, 0) is 29.5 Å². The Kier molecular flexibility index (Phi) is 8.72. The van der Waals surface area contributed by atoms with Crippen LogP contribution in [0.5, 0.6) is 0 Å². The number of benzene rings is 2. The summed E-state index contributed by atoms with van der Waals surface area (Å²) in [6, 6.07) is 18.5. The Balaban J connectivity index is 1.26. The maximum absolute atomic E-state index is 12.5. The minimum Gasteiger partial charge on any atom is -0.375 e. The zero-order valence-corrected chi connectivity index (χ0v) is 17.8. The summed E-state index contributed by atoms with van der Waals surface area (Å²) in [5.74, 6) is 0.959. The molecule has 0 bridgehead atoms. The highest BCUT2D eigenvalue weighted by atomic mass is 16.5. The molecule has 30 heavy (non-hydrogen) atoms. The van der Waals surface area contributed by atoms with E-state index in [9.17, 15) is 4.79 Å². The standard InChI is InChI=1S/C24H32N4O2/c1-25-24(27-15-17-30-19-20-8-3-2-4-9-20)26-14-7-12-23(29)28-16-13-21-10-5-6-11-22(21)18-28/h2-6,8-11H,7,12-19H2,1H3,(H2,25,26,27). The highest BCUT2D eigenvalue weighted by molar-refractivity contribution is 5.80. The number of amides is 1. The van der Waals surface area contributed by atoms with Crippen LogP contribution in [0.4, 0.5) is 0 Å². The van der Waals surface area contributed by atoms with E-state index in [0.29, 0.717) is 32.7 Å². The van der Waals surface area contributed by atoms with Crippen molar-refractivity contribution in [3.05, 3.63) is 71.3 Å².